The lowest BCUT2D eigenvalue weighted by molar-refractivity contribution is 1.20. The summed E-state index contributed by atoms with van der Waals surface area (Å²) in [7, 11) is 0. The highest BCUT2D eigenvalue weighted by Gasteiger charge is 2.16. The van der Waals surface area contributed by atoms with Crippen molar-refractivity contribution in [3.63, 3.8) is 0 Å². The summed E-state index contributed by atoms with van der Waals surface area (Å²) in [5.74, 6) is 0. The molecule has 2 aromatic heterocycles. The number of pyridine rings is 1. The van der Waals surface area contributed by atoms with Gasteiger partial charge in [-0.2, -0.15) is 0 Å². The van der Waals surface area contributed by atoms with Crippen molar-refractivity contribution in [3.05, 3.63) is 73.6 Å². The van der Waals surface area contributed by atoms with E-state index in [1.54, 1.807) is 11.3 Å². The topological polar surface area (TPSA) is 12.9 Å². The van der Waals surface area contributed by atoms with E-state index in [1.165, 1.54) is 15.0 Å². The van der Waals surface area contributed by atoms with Gasteiger partial charge in [-0.3, -0.25) is 0 Å². The Morgan fingerprint density at radius 1 is 1.04 bits per heavy atom. The molecule has 0 aliphatic heterocycles. The Labute approximate surface area is 156 Å². The van der Waals surface area contributed by atoms with Crippen molar-refractivity contribution in [1.29, 1.82) is 0 Å². The van der Waals surface area contributed by atoms with E-state index in [0.29, 0.717) is 16.6 Å². The molecule has 0 unspecified atom stereocenters. The van der Waals surface area contributed by atoms with Gasteiger partial charge < -0.3 is 0 Å². The lowest BCUT2D eigenvalue weighted by Gasteiger charge is -2.10. The molecule has 2 heterocycles. The lowest BCUT2D eigenvalue weighted by atomic mass is 10.1. The molecule has 0 saturated heterocycles. The molecule has 0 saturated carbocycles. The second kappa shape index (κ2) is 6.06. The Morgan fingerprint density at radius 3 is 2.70 bits per heavy atom. The van der Waals surface area contributed by atoms with E-state index in [1.807, 2.05) is 24.3 Å². The number of rotatable bonds is 2. The first-order chi connectivity index (χ1) is 11.1. The SMILES string of the molecule is Clc1nc2cccc(Br)c2c(Cl)c1Cc1cc2ccccc2s1. The van der Waals surface area contributed by atoms with Crippen LogP contribution < -0.4 is 0 Å². The summed E-state index contributed by atoms with van der Waals surface area (Å²) in [5.41, 5.74) is 1.67. The first kappa shape index (κ1) is 15.4. The summed E-state index contributed by atoms with van der Waals surface area (Å²) in [4.78, 5) is 5.73. The number of thiophene rings is 1. The quantitative estimate of drug-likeness (QED) is 0.313. The lowest BCUT2D eigenvalue weighted by Crippen LogP contribution is -1.94. The Kier molecular flexibility index (Phi) is 4.06. The molecule has 0 spiro atoms. The summed E-state index contributed by atoms with van der Waals surface area (Å²) in [6, 6.07) is 16.4. The van der Waals surface area contributed by atoms with Crippen molar-refractivity contribution in [2.45, 2.75) is 6.42 Å². The van der Waals surface area contributed by atoms with Crippen molar-refractivity contribution in [3.8, 4) is 0 Å². The third kappa shape index (κ3) is 2.76. The van der Waals surface area contributed by atoms with Crippen molar-refractivity contribution in [1.82, 2.24) is 4.98 Å². The third-order valence-corrected chi connectivity index (χ3v) is 6.28. The molecule has 4 rings (SSSR count). The highest BCUT2D eigenvalue weighted by atomic mass is 79.9. The highest BCUT2D eigenvalue weighted by Crippen LogP contribution is 2.37. The van der Waals surface area contributed by atoms with Crippen LogP contribution in [-0.2, 0) is 6.42 Å². The van der Waals surface area contributed by atoms with Gasteiger partial charge in [-0.25, -0.2) is 4.98 Å². The van der Waals surface area contributed by atoms with Crippen molar-refractivity contribution < 1.29 is 0 Å². The number of benzene rings is 2. The summed E-state index contributed by atoms with van der Waals surface area (Å²) in [6.45, 7) is 0. The minimum absolute atomic E-state index is 0.470. The van der Waals surface area contributed by atoms with Gasteiger partial charge in [-0.15, -0.1) is 11.3 Å². The van der Waals surface area contributed by atoms with E-state index in [-0.39, 0.29) is 0 Å². The molecule has 0 amide bonds. The van der Waals surface area contributed by atoms with E-state index < -0.39 is 0 Å². The zero-order valence-corrected chi connectivity index (χ0v) is 15.7. The third-order valence-electron chi connectivity index (χ3n) is 3.77. The maximum Gasteiger partial charge on any atom is 0.134 e. The zero-order chi connectivity index (χ0) is 16.0. The van der Waals surface area contributed by atoms with E-state index in [4.69, 9.17) is 23.2 Å². The minimum Gasteiger partial charge on any atom is -0.236 e. The number of fused-ring (bicyclic) bond motifs is 2. The zero-order valence-electron chi connectivity index (χ0n) is 11.8. The molecular formula is C18H10BrCl2NS. The molecule has 0 bridgehead atoms. The van der Waals surface area contributed by atoms with Crippen LogP contribution in [0.15, 0.2) is 53.0 Å². The molecule has 0 radical (unpaired) electrons. The molecule has 4 aromatic rings. The number of halogens is 3. The molecule has 114 valence electrons. The van der Waals surface area contributed by atoms with Crippen LogP contribution in [-0.4, -0.2) is 4.98 Å². The van der Waals surface area contributed by atoms with Gasteiger partial charge in [-0.05, 0) is 29.7 Å². The van der Waals surface area contributed by atoms with Crippen LogP contribution in [0.4, 0.5) is 0 Å². The minimum atomic E-state index is 0.470. The molecule has 23 heavy (non-hydrogen) atoms. The molecule has 1 nitrogen and oxygen atoms in total. The first-order valence-electron chi connectivity index (χ1n) is 7.03. The molecule has 0 N–H and O–H groups in total. The van der Waals surface area contributed by atoms with Crippen LogP contribution in [0.1, 0.15) is 10.4 Å². The molecule has 5 heteroatoms. The number of aromatic nitrogens is 1. The normalized spacial score (nSPS) is 11.4. The predicted octanol–water partition coefficient (Wildman–Crippen LogP) is 7.11. The van der Waals surface area contributed by atoms with Crippen LogP contribution in [0.5, 0.6) is 0 Å². The molecule has 0 aliphatic carbocycles. The van der Waals surface area contributed by atoms with Crippen molar-refractivity contribution in [2.24, 2.45) is 0 Å². The summed E-state index contributed by atoms with van der Waals surface area (Å²) in [6.07, 6.45) is 0.682. The van der Waals surface area contributed by atoms with Crippen molar-refractivity contribution >= 4 is 71.5 Å². The smallest absolute Gasteiger partial charge is 0.134 e. The molecule has 2 aromatic carbocycles. The molecule has 0 atom stereocenters. The van der Waals surface area contributed by atoms with Gasteiger partial charge in [0.15, 0.2) is 0 Å². The fourth-order valence-electron chi connectivity index (χ4n) is 2.69. The van der Waals surface area contributed by atoms with Gasteiger partial charge in [0.05, 0.1) is 10.5 Å². The monoisotopic (exact) mass is 421 g/mol. The van der Waals surface area contributed by atoms with E-state index in [0.717, 1.165) is 20.9 Å². The maximum absolute atomic E-state index is 6.65. The van der Waals surface area contributed by atoms with E-state index in [9.17, 15) is 0 Å². The Hall–Kier alpha value is -1.13. The first-order valence-corrected chi connectivity index (χ1v) is 9.39. The maximum atomic E-state index is 6.65. The number of hydrogen-bond acceptors (Lipinski definition) is 2. The fraction of sp³-hybridized carbons (Fsp3) is 0.0556. The van der Waals surface area contributed by atoms with Gasteiger partial charge in [0.25, 0.3) is 0 Å². The Morgan fingerprint density at radius 2 is 1.87 bits per heavy atom. The second-order valence-corrected chi connectivity index (χ2v) is 8.02. The Balaban J connectivity index is 1.86. The van der Waals surface area contributed by atoms with E-state index in [2.05, 4.69) is 45.2 Å². The van der Waals surface area contributed by atoms with Gasteiger partial charge in [0, 0.05) is 31.4 Å². The summed E-state index contributed by atoms with van der Waals surface area (Å²) in [5, 5.41) is 3.30. The second-order valence-electron chi connectivity index (χ2n) is 5.26. The van der Waals surface area contributed by atoms with Crippen molar-refractivity contribution in [2.75, 3.05) is 0 Å². The predicted molar refractivity (Wildman–Crippen MR) is 104 cm³/mol. The van der Waals surface area contributed by atoms with Gasteiger partial charge in [0.1, 0.15) is 5.15 Å². The van der Waals surface area contributed by atoms with Crippen LogP contribution in [0.25, 0.3) is 21.0 Å². The van der Waals surface area contributed by atoms with Gasteiger partial charge in [-0.1, -0.05) is 63.4 Å². The largest absolute Gasteiger partial charge is 0.236 e. The number of hydrogen-bond donors (Lipinski definition) is 0. The van der Waals surface area contributed by atoms with Crippen LogP contribution >= 0.6 is 50.5 Å². The van der Waals surface area contributed by atoms with Crippen LogP contribution in [0.2, 0.25) is 10.2 Å². The average molecular weight is 423 g/mol. The standard InChI is InChI=1S/C18H10BrCl2NS/c19-13-5-3-6-14-16(13)17(20)12(18(21)22-14)9-11-8-10-4-1-2-7-15(10)23-11/h1-8H,9H2. The fourth-order valence-corrected chi connectivity index (χ4v) is 5.09. The summed E-state index contributed by atoms with van der Waals surface area (Å²) < 4.78 is 2.20. The van der Waals surface area contributed by atoms with Gasteiger partial charge >= 0.3 is 0 Å². The van der Waals surface area contributed by atoms with E-state index >= 15 is 0 Å². The average Bonchev–Trinajstić information content (AvgIpc) is 2.93. The molecular weight excluding hydrogens is 413 g/mol. The van der Waals surface area contributed by atoms with Crippen LogP contribution in [0.3, 0.4) is 0 Å². The molecule has 0 aliphatic rings. The Bertz CT molecular complexity index is 1010. The number of nitrogens with zero attached hydrogens (tertiary/aromatic N) is 1. The van der Waals surface area contributed by atoms with Gasteiger partial charge in [0.2, 0.25) is 0 Å². The van der Waals surface area contributed by atoms with Crippen LogP contribution in [0, 0.1) is 0 Å². The molecule has 0 fully saturated rings. The highest BCUT2D eigenvalue weighted by molar-refractivity contribution is 9.10. The summed E-state index contributed by atoms with van der Waals surface area (Å²) >= 11 is 18.4.